The Kier molecular flexibility index (Phi) is 4.05. The molecule has 6 nitrogen and oxygen atoms in total. The number of para-hydroxylation sites is 1. The Morgan fingerprint density at radius 3 is 2.48 bits per heavy atom. The molecule has 116 valence electrons. The molecule has 0 radical (unpaired) electrons. The van der Waals surface area contributed by atoms with Gasteiger partial charge in [-0.3, -0.25) is 10.1 Å². The molecule has 1 N–H and O–H groups in total. The van der Waals surface area contributed by atoms with Crippen molar-refractivity contribution in [3.63, 3.8) is 0 Å². The Morgan fingerprint density at radius 2 is 1.78 bits per heavy atom. The van der Waals surface area contributed by atoms with Gasteiger partial charge in [0.25, 0.3) is 5.91 Å². The molecule has 0 bridgehead atoms. The first-order valence-corrected chi connectivity index (χ1v) is 7.07. The first kappa shape index (κ1) is 14.8. The summed E-state index contributed by atoms with van der Waals surface area (Å²) in [5, 5.41) is 9.97. The van der Waals surface area contributed by atoms with E-state index in [0.29, 0.717) is 23.0 Å². The summed E-state index contributed by atoms with van der Waals surface area (Å²) >= 11 is 0. The lowest BCUT2D eigenvalue weighted by Gasteiger charge is -2.10. The molecule has 1 aromatic heterocycles. The van der Waals surface area contributed by atoms with Crippen LogP contribution >= 0.6 is 0 Å². The van der Waals surface area contributed by atoms with Crippen LogP contribution in [0.25, 0.3) is 0 Å². The molecule has 0 aliphatic rings. The van der Waals surface area contributed by atoms with Gasteiger partial charge in [-0.25, -0.2) is 0 Å². The van der Waals surface area contributed by atoms with Crippen molar-refractivity contribution < 1.29 is 13.9 Å². The largest absolute Gasteiger partial charge is 0.457 e. The van der Waals surface area contributed by atoms with Gasteiger partial charge in [0.15, 0.2) is 0 Å². The molecule has 0 atom stereocenters. The average molecular weight is 309 g/mol. The number of aromatic nitrogens is 2. The van der Waals surface area contributed by atoms with Gasteiger partial charge in [-0.1, -0.05) is 34.9 Å². The molecule has 0 spiro atoms. The highest BCUT2D eigenvalue weighted by molar-refractivity contribution is 6.05. The average Bonchev–Trinajstić information content (AvgIpc) is 2.95. The molecule has 3 aromatic rings. The van der Waals surface area contributed by atoms with Gasteiger partial charge in [0, 0.05) is 6.92 Å². The number of amides is 1. The molecule has 23 heavy (non-hydrogen) atoms. The number of aryl methyl sites for hydroxylation is 2. The normalized spacial score (nSPS) is 10.3. The number of hydrogen-bond acceptors (Lipinski definition) is 5. The Balaban J connectivity index is 1.82. The minimum absolute atomic E-state index is 0.0534. The lowest BCUT2D eigenvalue weighted by molar-refractivity contribution is 0.102. The minimum Gasteiger partial charge on any atom is -0.457 e. The van der Waals surface area contributed by atoms with Crippen LogP contribution in [0.1, 0.15) is 21.8 Å². The highest BCUT2D eigenvalue weighted by atomic mass is 16.5. The molecular formula is C17H15N3O3. The van der Waals surface area contributed by atoms with Crippen molar-refractivity contribution in [2.45, 2.75) is 13.8 Å². The smallest absolute Gasteiger partial charge is 0.322 e. The number of hydrogen-bond donors (Lipinski definition) is 1. The first-order chi connectivity index (χ1) is 11.1. The van der Waals surface area contributed by atoms with Crippen molar-refractivity contribution in [1.29, 1.82) is 0 Å². The molecular weight excluding hydrogens is 294 g/mol. The molecule has 6 heteroatoms. The number of benzene rings is 2. The van der Waals surface area contributed by atoms with Crippen LogP contribution in [0.5, 0.6) is 11.5 Å². The predicted octanol–water partition coefficient (Wildman–Crippen LogP) is 3.73. The lowest BCUT2D eigenvalue weighted by Crippen LogP contribution is -2.13. The fourth-order valence-corrected chi connectivity index (χ4v) is 1.99. The molecule has 1 heterocycles. The fraction of sp³-hybridized carbons (Fsp3) is 0.118. The van der Waals surface area contributed by atoms with Gasteiger partial charge in [-0.05, 0) is 31.2 Å². The highest BCUT2D eigenvalue weighted by Gasteiger charge is 2.15. The summed E-state index contributed by atoms with van der Waals surface area (Å²) in [6, 6.07) is 14.6. The zero-order valence-electron chi connectivity index (χ0n) is 12.7. The lowest BCUT2D eigenvalue weighted by atomic mass is 10.2. The summed E-state index contributed by atoms with van der Waals surface area (Å²) in [7, 11) is 0. The maximum atomic E-state index is 12.4. The second-order valence-electron chi connectivity index (χ2n) is 4.99. The van der Waals surface area contributed by atoms with Crippen LogP contribution in [0.2, 0.25) is 0 Å². The van der Waals surface area contributed by atoms with Crippen molar-refractivity contribution in [1.82, 2.24) is 10.2 Å². The van der Waals surface area contributed by atoms with Crippen LogP contribution in [-0.2, 0) is 0 Å². The van der Waals surface area contributed by atoms with Gasteiger partial charge in [0.1, 0.15) is 11.5 Å². The van der Waals surface area contributed by atoms with E-state index in [9.17, 15) is 4.79 Å². The zero-order valence-corrected chi connectivity index (χ0v) is 12.7. The van der Waals surface area contributed by atoms with Gasteiger partial charge in [0.05, 0.1) is 5.56 Å². The predicted molar refractivity (Wildman–Crippen MR) is 84.7 cm³/mol. The van der Waals surface area contributed by atoms with E-state index in [1.165, 1.54) is 0 Å². The number of anilines is 1. The van der Waals surface area contributed by atoms with Crippen molar-refractivity contribution in [2.24, 2.45) is 0 Å². The van der Waals surface area contributed by atoms with Gasteiger partial charge >= 0.3 is 6.01 Å². The second kappa shape index (κ2) is 6.31. The third-order valence-corrected chi connectivity index (χ3v) is 3.13. The van der Waals surface area contributed by atoms with E-state index in [0.717, 1.165) is 5.56 Å². The summed E-state index contributed by atoms with van der Waals surface area (Å²) in [5.41, 5.74) is 1.51. The Bertz CT molecular complexity index is 825. The van der Waals surface area contributed by atoms with E-state index in [1.807, 2.05) is 31.2 Å². The van der Waals surface area contributed by atoms with Gasteiger partial charge in [0.2, 0.25) is 5.89 Å². The zero-order chi connectivity index (χ0) is 16.2. The van der Waals surface area contributed by atoms with Crippen LogP contribution < -0.4 is 10.1 Å². The number of carbonyl (C=O) groups is 1. The molecule has 0 aliphatic heterocycles. The third-order valence-electron chi connectivity index (χ3n) is 3.13. The van der Waals surface area contributed by atoms with E-state index in [2.05, 4.69) is 15.5 Å². The standard InChI is InChI=1S/C17H15N3O3/c1-11-7-9-13(10-8-11)23-15-6-4-3-5-14(15)16(21)18-17-20-19-12(2)22-17/h3-10H,1-2H3,(H,18,20,21). The molecule has 0 fully saturated rings. The summed E-state index contributed by atoms with van der Waals surface area (Å²) in [6.45, 7) is 3.65. The maximum Gasteiger partial charge on any atom is 0.322 e. The van der Waals surface area contributed by atoms with Gasteiger partial charge in [-0.15, -0.1) is 5.10 Å². The minimum atomic E-state index is -0.378. The Labute approximate surface area is 133 Å². The monoisotopic (exact) mass is 309 g/mol. The van der Waals surface area contributed by atoms with E-state index >= 15 is 0 Å². The van der Waals surface area contributed by atoms with Crippen LogP contribution in [0.15, 0.2) is 52.9 Å². The van der Waals surface area contributed by atoms with E-state index < -0.39 is 0 Å². The van der Waals surface area contributed by atoms with E-state index in [4.69, 9.17) is 9.15 Å². The summed E-state index contributed by atoms with van der Waals surface area (Å²) in [4.78, 5) is 12.4. The Hall–Kier alpha value is -3.15. The number of rotatable bonds is 4. The topological polar surface area (TPSA) is 77.2 Å². The SMILES string of the molecule is Cc1ccc(Oc2ccccc2C(=O)Nc2nnc(C)o2)cc1. The van der Waals surface area contributed by atoms with Crippen LogP contribution in [0.3, 0.4) is 0 Å². The molecule has 3 rings (SSSR count). The fourth-order valence-electron chi connectivity index (χ4n) is 1.99. The molecule has 0 saturated carbocycles. The first-order valence-electron chi connectivity index (χ1n) is 7.07. The molecule has 0 saturated heterocycles. The molecule has 0 unspecified atom stereocenters. The second-order valence-corrected chi connectivity index (χ2v) is 4.99. The quantitative estimate of drug-likeness (QED) is 0.794. The van der Waals surface area contributed by atoms with Crippen molar-refractivity contribution in [2.75, 3.05) is 5.32 Å². The number of nitrogens with zero attached hydrogens (tertiary/aromatic N) is 2. The van der Waals surface area contributed by atoms with Crippen LogP contribution in [0.4, 0.5) is 6.01 Å². The molecule has 1 amide bonds. The van der Waals surface area contributed by atoms with E-state index in [-0.39, 0.29) is 11.9 Å². The van der Waals surface area contributed by atoms with Crippen molar-refractivity contribution in [3.8, 4) is 11.5 Å². The number of carbonyl (C=O) groups excluding carboxylic acids is 1. The molecule has 0 aliphatic carbocycles. The third kappa shape index (κ3) is 3.55. The Morgan fingerprint density at radius 1 is 1.04 bits per heavy atom. The summed E-state index contributed by atoms with van der Waals surface area (Å²) < 4.78 is 11.0. The van der Waals surface area contributed by atoms with Gasteiger partial charge in [-0.2, -0.15) is 0 Å². The van der Waals surface area contributed by atoms with Crippen LogP contribution in [-0.4, -0.2) is 16.1 Å². The highest BCUT2D eigenvalue weighted by Crippen LogP contribution is 2.26. The maximum absolute atomic E-state index is 12.4. The number of ether oxygens (including phenoxy) is 1. The van der Waals surface area contributed by atoms with Gasteiger partial charge < -0.3 is 9.15 Å². The van der Waals surface area contributed by atoms with Crippen molar-refractivity contribution in [3.05, 3.63) is 65.5 Å². The molecule has 2 aromatic carbocycles. The summed E-state index contributed by atoms with van der Waals surface area (Å²) in [5.74, 6) is 1.11. The number of nitrogens with one attached hydrogen (secondary N) is 1. The van der Waals surface area contributed by atoms with Crippen molar-refractivity contribution >= 4 is 11.9 Å². The van der Waals surface area contributed by atoms with E-state index in [1.54, 1.807) is 31.2 Å². The summed E-state index contributed by atoms with van der Waals surface area (Å²) in [6.07, 6.45) is 0. The van der Waals surface area contributed by atoms with Crippen LogP contribution in [0, 0.1) is 13.8 Å².